The van der Waals surface area contributed by atoms with Crippen molar-refractivity contribution >= 4 is 16.9 Å². The van der Waals surface area contributed by atoms with Crippen LogP contribution in [-0.4, -0.2) is 34.9 Å². The summed E-state index contributed by atoms with van der Waals surface area (Å²) in [6.45, 7) is 5.48. The molecule has 0 bridgehead atoms. The third kappa shape index (κ3) is 5.96. The SMILES string of the molecule is CCOC(Cc1ccccc1OCc1cnc2c(C(F)(F)F)cccc2c1OC(C)C)C(=O)O. The number of hydrogen-bond acceptors (Lipinski definition) is 5. The lowest BCUT2D eigenvalue weighted by molar-refractivity contribution is -0.150. The van der Waals surface area contributed by atoms with Gasteiger partial charge in [0.15, 0.2) is 6.10 Å². The molecule has 34 heavy (non-hydrogen) atoms. The largest absolute Gasteiger partial charge is 0.490 e. The van der Waals surface area contributed by atoms with E-state index in [2.05, 4.69) is 4.98 Å². The van der Waals surface area contributed by atoms with E-state index >= 15 is 0 Å². The zero-order valence-corrected chi connectivity index (χ0v) is 19.1. The molecular weight excluding hydrogens is 451 g/mol. The Morgan fingerprint density at radius 2 is 1.82 bits per heavy atom. The van der Waals surface area contributed by atoms with E-state index < -0.39 is 23.8 Å². The van der Waals surface area contributed by atoms with Gasteiger partial charge in [-0.2, -0.15) is 13.2 Å². The predicted molar refractivity (Wildman–Crippen MR) is 120 cm³/mol. The molecule has 3 rings (SSSR count). The van der Waals surface area contributed by atoms with E-state index in [0.717, 1.165) is 6.07 Å². The van der Waals surface area contributed by atoms with Gasteiger partial charge in [0.1, 0.15) is 18.1 Å². The summed E-state index contributed by atoms with van der Waals surface area (Å²) in [6.07, 6.45) is -4.47. The van der Waals surface area contributed by atoms with E-state index in [1.54, 1.807) is 45.0 Å². The van der Waals surface area contributed by atoms with Crippen molar-refractivity contribution < 1.29 is 37.3 Å². The summed E-state index contributed by atoms with van der Waals surface area (Å²) in [5.74, 6) is -0.377. The Labute approximate surface area is 195 Å². The Morgan fingerprint density at radius 1 is 1.09 bits per heavy atom. The number of ether oxygens (including phenoxy) is 3. The van der Waals surface area contributed by atoms with Crippen LogP contribution in [0.4, 0.5) is 13.2 Å². The molecule has 9 heteroatoms. The van der Waals surface area contributed by atoms with Crippen LogP contribution < -0.4 is 9.47 Å². The molecule has 1 aromatic heterocycles. The molecule has 0 amide bonds. The van der Waals surface area contributed by atoms with Crippen molar-refractivity contribution in [1.82, 2.24) is 4.98 Å². The highest BCUT2D eigenvalue weighted by atomic mass is 19.4. The maximum atomic E-state index is 13.5. The molecule has 0 spiro atoms. The fourth-order valence-electron chi connectivity index (χ4n) is 3.53. The summed E-state index contributed by atoms with van der Waals surface area (Å²) < 4.78 is 57.6. The number of benzene rings is 2. The van der Waals surface area contributed by atoms with Crippen molar-refractivity contribution in [2.75, 3.05) is 6.61 Å². The molecule has 0 fully saturated rings. The number of para-hydroxylation sites is 2. The van der Waals surface area contributed by atoms with E-state index in [-0.39, 0.29) is 42.4 Å². The number of aliphatic carboxylic acids is 1. The Balaban J connectivity index is 1.95. The Hall–Kier alpha value is -3.33. The number of fused-ring (bicyclic) bond motifs is 1. The Morgan fingerprint density at radius 3 is 2.47 bits per heavy atom. The van der Waals surface area contributed by atoms with Gasteiger partial charge in [0.2, 0.25) is 0 Å². The molecule has 0 aliphatic carbocycles. The molecule has 0 aliphatic heterocycles. The van der Waals surface area contributed by atoms with Gasteiger partial charge in [0, 0.05) is 24.6 Å². The van der Waals surface area contributed by atoms with Gasteiger partial charge in [0.05, 0.1) is 22.7 Å². The molecular formula is C25H26F3NO5. The van der Waals surface area contributed by atoms with Gasteiger partial charge in [-0.3, -0.25) is 4.98 Å². The van der Waals surface area contributed by atoms with Gasteiger partial charge in [-0.1, -0.05) is 24.3 Å². The van der Waals surface area contributed by atoms with Crippen LogP contribution in [-0.2, 0) is 28.7 Å². The highest BCUT2D eigenvalue weighted by molar-refractivity contribution is 5.89. The second-order valence-corrected chi connectivity index (χ2v) is 7.86. The van der Waals surface area contributed by atoms with E-state index in [9.17, 15) is 23.1 Å². The predicted octanol–water partition coefficient (Wildman–Crippen LogP) is 5.65. The van der Waals surface area contributed by atoms with E-state index in [4.69, 9.17) is 14.2 Å². The van der Waals surface area contributed by atoms with Crippen LogP contribution in [0.15, 0.2) is 48.7 Å². The highest BCUT2D eigenvalue weighted by Gasteiger charge is 2.34. The molecule has 0 radical (unpaired) electrons. The Bertz CT molecular complexity index is 1150. The van der Waals surface area contributed by atoms with Crippen LogP contribution in [0, 0.1) is 0 Å². The van der Waals surface area contributed by atoms with Gasteiger partial charge in [-0.05, 0) is 44.5 Å². The van der Waals surface area contributed by atoms with Crippen molar-refractivity contribution in [2.45, 2.75) is 52.2 Å². The van der Waals surface area contributed by atoms with Gasteiger partial charge >= 0.3 is 12.1 Å². The number of hydrogen-bond donors (Lipinski definition) is 1. The zero-order valence-electron chi connectivity index (χ0n) is 19.1. The van der Waals surface area contributed by atoms with Crippen molar-refractivity contribution in [2.24, 2.45) is 0 Å². The third-order valence-electron chi connectivity index (χ3n) is 4.99. The monoisotopic (exact) mass is 477 g/mol. The van der Waals surface area contributed by atoms with Gasteiger partial charge in [-0.15, -0.1) is 0 Å². The van der Waals surface area contributed by atoms with E-state index in [1.165, 1.54) is 18.3 Å². The molecule has 0 aliphatic rings. The Kier molecular flexibility index (Phi) is 7.98. The van der Waals surface area contributed by atoms with Gasteiger partial charge < -0.3 is 19.3 Å². The summed E-state index contributed by atoms with van der Waals surface area (Å²) in [6, 6.07) is 10.8. The lowest BCUT2D eigenvalue weighted by Crippen LogP contribution is -2.26. The average molecular weight is 477 g/mol. The smallest absolute Gasteiger partial charge is 0.418 e. The zero-order chi connectivity index (χ0) is 24.9. The topological polar surface area (TPSA) is 77.9 Å². The lowest BCUT2D eigenvalue weighted by atomic mass is 10.1. The molecule has 1 heterocycles. The molecule has 1 N–H and O–H groups in total. The second-order valence-electron chi connectivity index (χ2n) is 7.86. The first-order chi connectivity index (χ1) is 16.1. The van der Waals surface area contributed by atoms with Crippen LogP contribution >= 0.6 is 0 Å². The molecule has 0 saturated carbocycles. The van der Waals surface area contributed by atoms with E-state index in [1.807, 2.05) is 0 Å². The number of carbonyl (C=O) groups is 1. The van der Waals surface area contributed by atoms with Crippen LogP contribution in [0.25, 0.3) is 10.9 Å². The first-order valence-corrected chi connectivity index (χ1v) is 10.8. The normalized spacial score (nSPS) is 12.7. The number of nitrogens with zero attached hydrogens (tertiary/aromatic N) is 1. The van der Waals surface area contributed by atoms with Crippen LogP contribution in [0.1, 0.15) is 37.5 Å². The summed E-state index contributed by atoms with van der Waals surface area (Å²) >= 11 is 0. The molecule has 0 saturated heterocycles. The van der Waals surface area contributed by atoms with Crippen molar-refractivity contribution in [3.63, 3.8) is 0 Å². The third-order valence-corrected chi connectivity index (χ3v) is 4.99. The second kappa shape index (κ2) is 10.7. The number of halogens is 3. The minimum atomic E-state index is -4.56. The van der Waals surface area contributed by atoms with Crippen molar-refractivity contribution in [3.8, 4) is 11.5 Å². The summed E-state index contributed by atoms with van der Waals surface area (Å²) in [5.41, 5.74) is 0.0561. The lowest BCUT2D eigenvalue weighted by Gasteiger charge is -2.19. The summed E-state index contributed by atoms with van der Waals surface area (Å²) in [4.78, 5) is 15.6. The van der Waals surface area contributed by atoms with Crippen LogP contribution in [0.5, 0.6) is 11.5 Å². The van der Waals surface area contributed by atoms with Crippen LogP contribution in [0.3, 0.4) is 0 Å². The number of alkyl halides is 3. The summed E-state index contributed by atoms with van der Waals surface area (Å²) in [5, 5.41) is 9.63. The number of pyridine rings is 1. The maximum absolute atomic E-state index is 13.5. The first kappa shape index (κ1) is 25.3. The minimum absolute atomic E-state index is 0.0371. The molecule has 2 aromatic carbocycles. The standard InChI is InChI=1S/C25H26F3NO5/c1-4-32-21(24(30)31)12-16-8-5-6-11-20(16)33-14-17-13-29-22-18(23(17)34-15(2)3)9-7-10-19(22)25(26,27)28/h5-11,13,15,21H,4,12,14H2,1-3H3,(H,30,31). The average Bonchev–Trinajstić information content (AvgIpc) is 2.77. The van der Waals surface area contributed by atoms with Gasteiger partial charge in [0.25, 0.3) is 0 Å². The van der Waals surface area contributed by atoms with Crippen LogP contribution in [0.2, 0.25) is 0 Å². The number of carboxylic acids is 1. The van der Waals surface area contributed by atoms with Gasteiger partial charge in [-0.25, -0.2) is 4.79 Å². The summed E-state index contributed by atoms with van der Waals surface area (Å²) in [7, 11) is 0. The first-order valence-electron chi connectivity index (χ1n) is 10.8. The fourth-order valence-corrected chi connectivity index (χ4v) is 3.53. The minimum Gasteiger partial charge on any atom is -0.490 e. The maximum Gasteiger partial charge on any atom is 0.418 e. The van der Waals surface area contributed by atoms with E-state index in [0.29, 0.717) is 16.9 Å². The molecule has 3 aromatic rings. The number of aromatic nitrogens is 1. The molecule has 6 nitrogen and oxygen atoms in total. The van der Waals surface area contributed by atoms with Crippen molar-refractivity contribution in [1.29, 1.82) is 0 Å². The molecule has 1 unspecified atom stereocenters. The number of rotatable bonds is 10. The number of carboxylic acid groups (broad SMARTS) is 1. The van der Waals surface area contributed by atoms with Crippen molar-refractivity contribution in [3.05, 3.63) is 65.4 Å². The quantitative estimate of drug-likeness (QED) is 0.407. The molecule has 1 atom stereocenters. The molecule has 182 valence electrons. The fraction of sp³-hybridized carbons (Fsp3) is 0.360. The highest BCUT2D eigenvalue weighted by Crippen LogP contribution is 2.38.